The van der Waals surface area contributed by atoms with Gasteiger partial charge in [0.05, 0.1) is 5.52 Å². The normalized spacial score (nSPS) is 10.9. The Kier molecular flexibility index (Phi) is 4.21. The highest BCUT2D eigenvalue weighted by atomic mass is 16.4. The Morgan fingerprint density at radius 1 is 1.04 bits per heavy atom. The number of rotatable bonds is 0. The number of aryl methyl sites for hydroxylation is 4. The molecule has 0 bridgehead atoms. The topological polar surface area (TPSA) is 59.8 Å². The van der Waals surface area contributed by atoms with E-state index < -0.39 is 5.97 Å². The molecule has 0 saturated carbocycles. The van der Waals surface area contributed by atoms with E-state index in [0.717, 1.165) is 6.92 Å². The summed E-state index contributed by atoms with van der Waals surface area (Å²) in [5, 5.41) is 14.3. The molecule has 4 aromatic rings. The van der Waals surface area contributed by atoms with Crippen molar-refractivity contribution in [2.24, 2.45) is 7.05 Å². The van der Waals surface area contributed by atoms with Gasteiger partial charge in [0.25, 0.3) is 0 Å². The fourth-order valence-corrected chi connectivity index (χ4v) is 3.47. The van der Waals surface area contributed by atoms with Crippen LogP contribution in [0.4, 0.5) is 0 Å². The lowest BCUT2D eigenvalue weighted by Gasteiger charge is -2.07. The molecule has 0 aliphatic rings. The van der Waals surface area contributed by atoms with Crippen molar-refractivity contribution in [1.29, 1.82) is 0 Å². The van der Waals surface area contributed by atoms with Gasteiger partial charge in [-0.1, -0.05) is 11.6 Å². The van der Waals surface area contributed by atoms with Gasteiger partial charge in [-0.3, -0.25) is 0 Å². The van der Waals surface area contributed by atoms with Gasteiger partial charge < -0.3 is 14.9 Å². The second kappa shape index (κ2) is 6.20. The van der Waals surface area contributed by atoms with E-state index in [1.54, 1.807) is 0 Å². The Morgan fingerprint density at radius 3 is 2.40 bits per heavy atom. The first kappa shape index (κ1) is 17.0. The first-order chi connectivity index (χ1) is 11.8. The summed E-state index contributed by atoms with van der Waals surface area (Å²) in [5.74, 6) is -1.08. The number of carboxylic acid groups (broad SMARTS) is 1. The van der Waals surface area contributed by atoms with Crippen LogP contribution in [0.25, 0.3) is 32.6 Å². The molecule has 0 atom stereocenters. The van der Waals surface area contributed by atoms with Gasteiger partial charge in [0.2, 0.25) is 0 Å². The Hall–Kier alpha value is -2.88. The summed E-state index contributed by atoms with van der Waals surface area (Å²) in [6.07, 6.45) is 4.35. The van der Waals surface area contributed by atoms with Gasteiger partial charge >= 0.3 is 0 Å². The number of carbonyl (C=O) groups is 1. The largest absolute Gasteiger partial charge is 0.550 e. The molecule has 2 aromatic carbocycles. The molecule has 4 rings (SSSR count). The van der Waals surface area contributed by atoms with Gasteiger partial charge in [-0.2, -0.15) is 0 Å². The zero-order valence-corrected chi connectivity index (χ0v) is 15.2. The van der Waals surface area contributed by atoms with Crippen LogP contribution in [0.3, 0.4) is 0 Å². The fourth-order valence-electron chi connectivity index (χ4n) is 3.47. The molecule has 2 heterocycles. The second-order valence-corrected chi connectivity index (χ2v) is 6.60. The minimum absolute atomic E-state index is 0.972. The van der Waals surface area contributed by atoms with Gasteiger partial charge in [-0.25, -0.2) is 4.57 Å². The Balaban J connectivity index is 0.000000415. The van der Waals surface area contributed by atoms with E-state index in [-0.39, 0.29) is 0 Å². The molecule has 0 amide bonds. The summed E-state index contributed by atoms with van der Waals surface area (Å²) < 4.78 is 2.13. The zero-order valence-electron chi connectivity index (χ0n) is 15.2. The van der Waals surface area contributed by atoms with Crippen molar-refractivity contribution in [3.63, 3.8) is 0 Å². The average molecular weight is 334 g/mol. The van der Waals surface area contributed by atoms with E-state index in [0.29, 0.717) is 0 Å². The van der Waals surface area contributed by atoms with Crippen LogP contribution in [0.1, 0.15) is 23.6 Å². The van der Waals surface area contributed by atoms with E-state index in [1.807, 2.05) is 0 Å². The van der Waals surface area contributed by atoms with Crippen LogP contribution in [0.5, 0.6) is 0 Å². The van der Waals surface area contributed by atoms with Crippen LogP contribution in [0, 0.1) is 20.8 Å². The maximum atomic E-state index is 8.89. The van der Waals surface area contributed by atoms with Crippen LogP contribution >= 0.6 is 0 Å². The highest BCUT2D eigenvalue weighted by molar-refractivity contribution is 6.16. The summed E-state index contributed by atoms with van der Waals surface area (Å²) in [6, 6.07) is 8.86. The van der Waals surface area contributed by atoms with Gasteiger partial charge in [0, 0.05) is 33.7 Å². The van der Waals surface area contributed by atoms with Crippen molar-refractivity contribution in [1.82, 2.24) is 4.98 Å². The van der Waals surface area contributed by atoms with Crippen LogP contribution in [-0.4, -0.2) is 11.0 Å². The highest BCUT2D eigenvalue weighted by Gasteiger charge is 2.15. The van der Waals surface area contributed by atoms with Crippen molar-refractivity contribution in [2.75, 3.05) is 0 Å². The number of pyridine rings is 1. The minimum atomic E-state index is -1.08. The van der Waals surface area contributed by atoms with Crippen molar-refractivity contribution in [3.8, 4) is 0 Å². The lowest BCUT2D eigenvalue weighted by atomic mass is 9.96. The Morgan fingerprint density at radius 2 is 1.72 bits per heavy atom. The van der Waals surface area contributed by atoms with Crippen molar-refractivity contribution < 1.29 is 14.5 Å². The molecule has 4 heteroatoms. The monoisotopic (exact) mass is 334 g/mol. The highest BCUT2D eigenvalue weighted by Crippen LogP contribution is 2.36. The number of fused-ring (bicyclic) bond motifs is 4. The molecular formula is C21H22N2O2. The standard InChI is InChI=1S/C19H18N2.C2H4O2/c1-11-5-6-17-15(9-11)18-12(2)16-10-21(4)8-7-14(16)13(3)19(18)20-17;1-2(3)4/h5-10H,1-4H3;1H3,(H,3,4). The number of aliphatic carboxylic acids is 1. The maximum Gasteiger partial charge on any atom is 0.176 e. The molecule has 0 radical (unpaired) electrons. The minimum Gasteiger partial charge on any atom is -0.550 e. The number of carbonyl (C=O) groups excluding carboxylic acids is 1. The summed E-state index contributed by atoms with van der Waals surface area (Å²) in [7, 11) is 2.08. The summed E-state index contributed by atoms with van der Waals surface area (Å²) in [4.78, 5) is 12.5. The quantitative estimate of drug-likeness (QED) is 0.503. The summed E-state index contributed by atoms with van der Waals surface area (Å²) in [6.45, 7) is 7.58. The van der Waals surface area contributed by atoms with Crippen LogP contribution in [-0.2, 0) is 11.8 Å². The third-order valence-electron chi connectivity index (χ3n) is 4.61. The number of benzene rings is 2. The Labute approximate surface area is 146 Å². The molecule has 0 aliphatic heterocycles. The van der Waals surface area contributed by atoms with Crippen molar-refractivity contribution >= 4 is 38.5 Å². The molecular weight excluding hydrogens is 312 g/mol. The van der Waals surface area contributed by atoms with E-state index in [2.05, 4.69) is 74.0 Å². The van der Waals surface area contributed by atoms with Crippen LogP contribution < -0.4 is 9.67 Å². The summed E-state index contributed by atoms with van der Waals surface area (Å²) in [5.41, 5.74) is 6.49. The van der Waals surface area contributed by atoms with Gasteiger partial charge in [0.15, 0.2) is 12.4 Å². The van der Waals surface area contributed by atoms with Gasteiger partial charge in [-0.15, -0.1) is 0 Å². The molecule has 0 unspecified atom stereocenters. The molecule has 4 nitrogen and oxygen atoms in total. The first-order valence-corrected chi connectivity index (χ1v) is 8.27. The Bertz CT molecular complexity index is 1120. The first-order valence-electron chi connectivity index (χ1n) is 8.27. The van der Waals surface area contributed by atoms with Crippen molar-refractivity contribution in [3.05, 3.63) is 53.3 Å². The predicted molar refractivity (Wildman–Crippen MR) is 99.4 cm³/mol. The number of hydrogen-bond acceptors (Lipinski definition) is 2. The van der Waals surface area contributed by atoms with Crippen molar-refractivity contribution in [2.45, 2.75) is 27.7 Å². The molecule has 25 heavy (non-hydrogen) atoms. The average Bonchev–Trinajstić information content (AvgIpc) is 2.91. The fraction of sp³-hybridized carbons (Fsp3) is 0.238. The molecule has 0 aliphatic carbocycles. The smallest absolute Gasteiger partial charge is 0.176 e. The third kappa shape index (κ3) is 2.95. The predicted octanol–water partition coefficient (Wildman–Crippen LogP) is 2.98. The lowest BCUT2D eigenvalue weighted by molar-refractivity contribution is -0.670. The van der Waals surface area contributed by atoms with Gasteiger partial charge in [0.1, 0.15) is 7.05 Å². The van der Waals surface area contributed by atoms with Gasteiger partial charge in [-0.05, 0) is 56.3 Å². The van der Waals surface area contributed by atoms with Crippen LogP contribution in [0.2, 0.25) is 0 Å². The van der Waals surface area contributed by atoms with E-state index in [9.17, 15) is 0 Å². The number of aromatic nitrogens is 2. The maximum absolute atomic E-state index is 8.89. The van der Waals surface area contributed by atoms with Crippen LogP contribution in [0.15, 0.2) is 36.7 Å². The zero-order chi connectivity index (χ0) is 18.3. The number of aromatic amines is 1. The molecule has 0 spiro atoms. The number of nitrogens with zero attached hydrogens (tertiary/aromatic N) is 1. The molecule has 0 saturated heterocycles. The summed E-state index contributed by atoms with van der Waals surface area (Å²) >= 11 is 0. The molecule has 128 valence electrons. The third-order valence-corrected chi connectivity index (χ3v) is 4.61. The number of nitrogens with one attached hydrogen (secondary N) is 1. The number of hydrogen-bond donors (Lipinski definition) is 1. The second-order valence-electron chi connectivity index (χ2n) is 6.60. The van der Waals surface area contributed by atoms with E-state index >= 15 is 0 Å². The molecule has 0 fully saturated rings. The van der Waals surface area contributed by atoms with E-state index in [1.165, 1.54) is 49.3 Å². The number of carboxylic acids is 1. The number of H-pyrrole nitrogens is 1. The molecule has 2 aromatic heterocycles. The lowest BCUT2D eigenvalue weighted by Crippen LogP contribution is -2.26. The van der Waals surface area contributed by atoms with E-state index in [4.69, 9.17) is 9.90 Å². The SMILES string of the molecule is CC(=O)[O-].Cc1ccc2[nH]c3c(C)c4cc[n+](C)cc4c(C)c3c2c1. The molecule has 1 N–H and O–H groups in total.